The standard InChI is InChI=1S/C29H28F3N5O/c1-16-4-3-5-21(30)24(16)19-8-6-18(7-9-19)20-14-22-27(36-17(2)15-35-22)37(28(20)38)23-10-11-29(31,32)26-25(23)33-12-13-34-26/h3-5,12-15,18-19,23H,6-11H2,1-2H3/t18-,19-,23-/m0/s1. The fourth-order valence-electron chi connectivity index (χ4n) is 6.33. The van der Waals surface area contributed by atoms with E-state index in [-0.39, 0.29) is 41.0 Å². The zero-order valence-electron chi connectivity index (χ0n) is 21.3. The van der Waals surface area contributed by atoms with E-state index in [1.165, 1.54) is 23.0 Å². The van der Waals surface area contributed by atoms with Crippen LogP contribution in [0.3, 0.4) is 0 Å². The van der Waals surface area contributed by atoms with Crippen LogP contribution in [-0.2, 0) is 5.92 Å². The summed E-state index contributed by atoms with van der Waals surface area (Å²) in [5, 5.41) is 0. The lowest BCUT2D eigenvalue weighted by Gasteiger charge is -2.32. The molecule has 0 saturated heterocycles. The normalized spacial score (nSPS) is 22.8. The van der Waals surface area contributed by atoms with E-state index in [0.717, 1.165) is 36.8 Å². The van der Waals surface area contributed by atoms with E-state index >= 15 is 0 Å². The molecule has 2 aliphatic carbocycles. The Balaban J connectivity index is 1.43. The minimum absolute atomic E-state index is 0.0338. The summed E-state index contributed by atoms with van der Waals surface area (Å²) in [6.45, 7) is 3.71. The Morgan fingerprint density at radius 1 is 0.974 bits per heavy atom. The number of benzene rings is 1. The molecule has 3 heterocycles. The molecule has 0 spiro atoms. The Labute approximate surface area is 218 Å². The van der Waals surface area contributed by atoms with Crippen LogP contribution in [0.2, 0.25) is 0 Å². The molecule has 0 aliphatic heterocycles. The van der Waals surface area contributed by atoms with Gasteiger partial charge in [0.15, 0.2) is 5.65 Å². The zero-order valence-corrected chi connectivity index (χ0v) is 21.3. The lowest BCUT2D eigenvalue weighted by Crippen LogP contribution is -2.36. The van der Waals surface area contributed by atoms with Crippen molar-refractivity contribution in [2.75, 3.05) is 0 Å². The number of rotatable bonds is 3. The summed E-state index contributed by atoms with van der Waals surface area (Å²) >= 11 is 0. The van der Waals surface area contributed by atoms with E-state index < -0.39 is 18.4 Å². The molecular weight excluding hydrogens is 491 g/mol. The Morgan fingerprint density at radius 2 is 1.71 bits per heavy atom. The molecule has 1 atom stereocenters. The predicted octanol–water partition coefficient (Wildman–Crippen LogP) is 6.25. The van der Waals surface area contributed by atoms with Crippen LogP contribution in [0.1, 0.15) is 90.2 Å². The fourth-order valence-corrected chi connectivity index (χ4v) is 6.33. The van der Waals surface area contributed by atoms with Gasteiger partial charge in [-0.1, -0.05) is 12.1 Å². The van der Waals surface area contributed by atoms with E-state index in [0.29, 0.717) is 22.4 Å². The number of nitrogens with zero attached hydrogens (tertiary/aromatic N) is 5. The highest BCUT2D eigenvalue weighted by Gasteiger charge is 2.44. The van der Waals surface area contributed by atoms with Crippen LogP contribution < -0.4 is 5.56 Å². The molecule has 4 aromatic rings. The first-order valence-electron chi connectivity index (χ1n) is 13.1. The maximum absolute atomic E-state index is 14.7. The molecule has 1 saturated carbocycles. The SMILES string of the molecule is Cc1cnc2cc([C@H]3CC[C@H](c4c(C)cccc4F)CC3)c(=O)n([C@H]3CCC(F)(F)c4nccnc43)c2n1. The van der Waals surface area contributed by atoms with Crippen LogP contribution in [-0.4, -0.2) is 24.5 Å². The molecule has 0 amide bonds. The number of alkyl halides is 2. The van der Waals surface area contributed by atoms with Crippen LogP contribution in [0, 0.1) is 19.7 Å². The molecule has 196 valence electrons. The summed E-state index contributed by atoms with van der Waals surface area (Å²) in [7, 11) is 0. The van der Waals surface area contributed by atoms with Gasteiger partial charge in [0.1, 0.15) is 17.0 Å². The molecule has 6 rings (SSSR count). The molecule has 3 aromatic heterocycles. The summed E-state index contributed by atoms with van der Waals surface area (Å²) in [5.41, 5.74) is 3.30. The molecule has 38 heavy (non-hydrogen) atoms. The van der Waals surface area contributed by atoms with Crippen LogP contribution in [0.15, 0.2) is 47.7 Å². The van der Waals surface area contributed by atoms with Crippen LogP contribution >= 0.6 is 0 Å². The lowest BCUT2D eigenvalue weighted by molar-refractivity contribution is -0.0320. The van der Waals surface area contributed by atoms with Gasteiger partial charge in [-0.05, 0) is 81.0 Å². The van der Waals surface area contributed by atoms with E-state index in [1.54, 1.807) is 25.3 Å². The minimum Gasteiger partial charge on any atom is -0.282 e. The van der Waals surface area contributed by atoms with E-state index in [9.17, 15) is 18.0 Å². The molecular formula is C29H28F3N5O. The second-order valence-corrected chi connectivity index (χ2v) is 10.6. The number of halogens is 3. The maximum Gasteiger partial charge on any atom is 0.291 e. The molecule has 0 N–H and O–H groups in total. The summed E-state index contributed by atoms with van der Waals surface area (Å²) in [6, 6.07) is 6.24. The molecule has 0 radical (unpaired) electrons. The molecule has 2 aliphatic rings. The first kappa shape index (κ1) is 24.7. The summed E-state index contributed by atoms with van der Waals surface area (Å²) in [5.74, 6) is -3.24. The number of hydrogen-bond donors (Lipinski definition) is 0. The van der Waals surface area contributed by atoms with Crippen LogP contribution in [0.25, 0.3) is 11.2 Å². The van der Waals surface area contributed by atoms with Crippen molar-refractivity contribution >= 4 is 11.2 Å². The van der Waals surface area contributed by atoms with Crippen LogP contribution in [0.4, 0.5) is 13.2 Å². The highest BCUT2D eigenvalue weighted by atomic mass is 19.3. The highest BCUT2D eigenvalue weighted by Crippen LogP contribution is 2.45. The third kappa shape index (κ3) is 4.08. The molecule has 1 fully saturated rings. The molecule has 0 bridgehead atoms. The third-order valence-corrected chi connectivity index (χ3v) is 8.17. The predicted molar refractivity (Wildman–Crippen MR) is 137 cm³/mol. The zero-order chi connectivity index (χ0) is 26.6. The topological polar surface area (TPSA) is 73.6 Å². The molecule has 0 unspecified atom stereocenters. The van der Waals surface area contributed by atoms with Crippen molar-refractivity contribution in [2.45, 2.75) is 76.2 Å². The quantitative estimate of drug-likeness (QED) is 0.320. The van der Waals surface area contributed by atoms with Gasteiger partial charge in [0.05, 0.1) is 17.4 Å². The fraction of sp³-hybridized carbons (Fsp3) is 0.414. The summed E-state index contributed by atoms with van der Waals surface area (Å²) in [4.78, 5) is 31.5. The van der Waals surface area contributed by atoms with Crippen molar-refractivity contribution in [3.63, 3.8) is 0 Å². The van der Waals surface area contributed by atoms with Crippen molar-refractivity contribution in [1.82, 2.24) is 24.5 Å². The van der Waals surface area contributed by atoms with Crippen LogP contribution in [0.5, 0.6) is 0 Å². The lowest BCUT2D eigenvalue weighted by atomic mass is 9.75. The van der Waals surface area contributed by atoms with Crippen molar-refractivity contribution in [2.24, 2.45) is 0 Å². The summed E-state index contributed by atoms with van der Waals surface area (Å²) in [6.07, 6.45) is 6.83. The van der Waals surface area contributed by atoms with Gasteiger partial charge in [-0.15, -0.1) is 0 Å². The van der Waals surface area contributed by atoms with E-state index in [4.69, 9.17) is 0 Å². The van der Waals surface area contributed by atoms with Gasteiger partial charge in [-0.3, -0.25) is 24.3 Å². The van der Waals surface area contributed by atoms with Gasteiger partial charge in [-0.25, -0.2) is 9.37 Å². The third-order valence-electron chi connectivity index (χ3n) is 8.17. The molecule has 1 aromatic carbocycles. The monoisotopic (exact) mass is 519 g/mol. The second kappa shape index (κ2) is 9.29. The number of aryl methyl sites for hydroxylation is 2. The number of fused-ring (bicyclic) bond motifs is 2. The van der Waals surface area contributed by atoms with Crippen molar-refractivity contribution in [1.29, 1.82) is 0 Å². The van der Waals surface area contributed by atoms with E-state index in [2.05, 4.69) is 19.9 Å². The molecule has 6 nitrogen and oxygen atoms in total. The van der Waals surface area contributed by atoms with Gasteiger partial charge < -0.3 is 0 Å². The first-order chi connectivity index (χ1) is 18.2. The number of pyridine rings is 1. The Kier molecular flexibility index (Phi) is 6.04. The van der Waals surface area contributed by atoms with Gasteiger partial charge in [0, 0.05) is 30.6 Å². The summed E-state index contributed by atoms with van der Waals surface area (Å²) < 4.78 is 45.6. The largest absolute Gasteiger partial charge is 0.291 e. The van der Waals surface area contributed by atoms with Crippen molar-refractivity contribution in [3.8, 4) is 0 Å². The number of aromatic nitrogens is 5. The number of hydrogen-bond acceptors (Lipinski definition) is 5. The smallest absolute Gasteiger partial charge is 0.282 e. The molecule has 9 heteroatoms. The average molecular weight is 520 g/mol. The second-order valence-electron chi connectivity index (χ2n) is 10.6. The average Bonchev–Trinajstić information content (AvgIpc) is 2.90. The van der Waals surface area contributed by atoms with Gasteiger partial charge in [0.25, 0.3) is 11.5 Å². The Morgan fingerprint density at radius 3 is 2.47 bits per heavy atom. The maximum atomic E-state index is 14.7. The van der Waals surface area contributed by atoms with Crippen molar-refractivity contribution in [3.05, 3.63) is 92.8 Å². The van der Waals surface area contributed by atoms with Crippen molar-refractivity contribution < 1.29 is 13.2 Å². The first-order valence-corrected chi connectivity index (χ1v) is 13.1. The van der Waals surface area contributed by atoms with Gasteiger partial charge >= 0.3 is 0 Å². The minimum atomic E-state index is -3.11. The van der Waals surface area contributed by atoms with Gasteiger partial charge in [-0.2, -0.15) is 8.78 Å². The van der Waals surface area contributed by atoms with Gasteiger partial charge in [0.2, 0.25) is 0 Å². The Bertz CT molecular complexity index is 1570. The Hall–Kier alpha value is -3.62. The van der Waals surface area contributed by atoms with E-state index in [1.807, 2.05) is 13.0 Å². The highest BCUT2D eigenvalue weighted by molar-refractivity contribution is 5.71.